The quantitative estimate of drug-likeness (QED) is 0.468. The largest absolute Gasteiger partial charge is 0.399 e. The van der Waals surface area contributed by atoms with Crippen LogP contribution >= 0.6 is 11.6 Å². The zero-order chi connectivity index (χ0) is 20.1. The number of rotatable bonds is 4. The summed E-state index contributed by atoms with van der Waals surface area (Å²) in [6.07, 6.45) is 1.53. The van der Waals surface area contributed by atoms with Crippen LogP contribution in [0.2, 0.25) is 5.02 Å². The number of amides is 1. The van der Waals surface area contributed by atoms with Gasteiger partial charge in [-0.05, 0) is 30.3 Å². The van der Waals surface area contributed by atoms with Gasteiger partial charge >= 0.3 is 0 Å². The number of carbonyl (C=O) groups is 1. The number of nitriles is 1. The predicted octanol–water partition coefficient (Wildman–Crippen LogP) is 3.23. The van der Waals surface area contributed by atoms with Gasteiger partial charge in [-0.25, -0.2) is 4.39 Å². The Morgan fingerprint density at radius 3 is 2.57 bits per heavy atom. The van der Waals surface area contributed by atoms with Gasteiger partial charge in [-0.2, -0.15) is 5.26 Å². The highest BCUT2D eigenvalue weighted by Crippen LogP contribution is 2.25. The number of halogens is 2. The minimum absolute atomic E-state index is 0.0350. The van der Waals surface area contributed by atoms with Gasteiger partial charge in [-0.15, -0.1) is 0 Å². The van der Waals surface area contributed by atoms with Crippen molar-refractivity contribution in [2.24, 2.45) is 0 Å². The second-order valence-corrected chi connectivity index (χ2v) is 6.73. The van der Waals surface area contributed by atoms with E-state index < -0.39 is 5.91 Å². The molecule has 0 spiro atoms. The number of anilines is 3. The molecule has 0 bridgehead atoms. The van der Waals surface area contributed by atoms with E-state index >= 15 is 0 Å². The second-order valence-electron chi connectivity index (χ2n) is 6.32. The summed E-state index contributed by atoms with van der Waals surface area (Å²) in [6, 6.07) is 13.3. The van der Waals surface area contributed by atoms with Crippen LogP contribution in [0.5, 0.6) is 0 Å². The van der Waals surface area contributed by atoms with Gasteiger partial charge in [0, 0.05) is 38.1 Å². The molecule has 0 saturated carbocycles. The first kappa shape index (κ1) is 19.5. The van der Waals surface area contributed by atoms with Crippen molar-refractivity contribution in [3.63, 3.8) is 0 Å². The van der Waals surface area contributed by atoms with Gasteiger partial charge in [0.05, 0.1) is 16.4 Å². The SMILES string of the molecule is N#C/C(=C/N1CCN(c2ccccc2F)CC1)C(=O)Nc1ccc(N)cc1Cl. The second kappa shape index (κ2) is 8.63. The molecular formula is C20H19ClFN5O. The Bertz CT molecular complexity index is 948. The molecule has 2 aromatic carbocycles. The third-order valence-corrected chi connectivity index (χ3v) is 4.74. The summed E-state index contributed by atoms with van der Waals surface area (Å²) < 4.78 is 13.9. The average molecular weight is 400 g/mol. The number of nitrogen functional groups attached to an aromatic ring is 1. The molecule has 6 nitrogen and oxygen atoms in total. The standard InChI is InChI=1S/C20H19ClFN5O/c21-16-11-15(24)5-6-18(16)25-20(28)14(12-23)13-26-7-9-27(10-8-26)19-4-2-1-3-17(19)22/h1-6,11,13H,7-10,24H2,(H,25,28)/b14-13-. The Labute approximate surface area is 167 Å². The minimum Gasteiger partial charge on any atom is -0.399 e. The fraction of sp³-hybridized carbons (Fsp3) is 0.200. The van der Waals surface area contributed by atoms with Crippen molar-refractivity contribution in [2.45, 2.75) is 0 Å². The number of piperazine rings is 1. The number of para-hydroxylation sites is 1. The molecule has 0 atom stereocenters. The van der Waals surface area contributed by atoms with Gasteiger partial charge in [0.15, 0.2) is 0 Å². The number of carbonyl (C=O) groups excluding carboxylic acids is 1. The van der Waals surface area contributed by atoms with Crippen molar-refractivity contribution in [3.8, 4) is 6.07 Å². The summed E-state index contributed by atoms with van der Waals surface area (Å²) in [5.74, 6) is -0.810. The maximum absolute atomic E-state index is 13.9. The van der Waals surface area contributed by atoms with Gasteiger partial charge in [0.2, 0.25) is 0 Å². The highest BCUT2D eigenvalue weighted by Gasteiger charge is 2.19. The lowest BCUT2D eigenvalue weighted by molar-refractivity contribution is -0.112. The third-order valence-electron chi connectivity index (χ3n) is 4.43. The Morgan fingerprint density at radius 2 is 1.93 bits per heavy atom. The Morgan fingerprint density at radius 1 is 1.21 bits per heavy atom. The lowest BCUT2D eigenvalue weighted by atomic mass is 10.2. The van der Waals surface area contributed by atoms with E-state index in [1.807, 2.05) is 15.9 Å². The van der Waals surface area contributed by atoms with Gasteiger partial charge in [0.1, 0.15) is 17.5 Å². The van der Waals surface area contributed by atoms with Crippen molar-refractivity contribution in [3.05, 3.63) is 65.1 Å². The molecule has 8 heteroatoms. The van der Waals surface area contributed by atoms with Crippen molar-refractivity contribution in [2.75, 3.05) is 42.1 Å². The molecule has 1 aliphatic rings. The minimum atomic E-state index is -0.550. The van der Waals surface area contributed by atoms with E-state index in [2.05, 4.69) is 5.32 Å². The van der Waals surface area contributed by atoms with Gasteiger partial charge < -0.3 is 20.9 Å². The van der Waals surface area contributed by atoms with Crippen LogP contribution < -0.4 is 16.0 Å². The van der Waals surface area contributed by atoms with Crippen molar-refractivity contribution in [1.29, 1.82) is 5.26 Å². The number of hydrogen-bond acceptors (Lipinski definition) is 5. The Balaban J connectivity index is 1.64. The van der Waals surface area contributed by atoms with Crippen LogP contribution in [-0.4, -0.2) is 37.0 Å². The summed E-state index contributed by atoms with van der Waals surface area (Å²) >= 11 is 6.06. The molecule has 1 aliphatic heterocycles. The Kier molecular flexibility index (Phi) is 6.02. The lowest BCUT2D eigenvalue weighted by Crippen LogP contribution is -2.44. The molecule has 0 aliphatic carbocycles. The summed E-state index contributed by atoms with van der Waals surface area (Å²) in [6.45, 7) is 2.30. The predicted molar refractivity (Wildman–Crippen MR) is 108 cm³/mol. The Hall–Kier alpha value is -3.24. The monoisotopic (exact) mass is 399 g/mol. The van der Waals surface area contributed by atoms with Crippen LogP contribution in [0.3, 0.4) is 0 Å². The third kappa shape index (κ3) is 4.53. The summed E-state index contributed by atoms with van der Waals surface area (Å²) in [4.78, 5) is 16.2. The first-order valence-electron chi connectivity index (χ1n) is 8.70. The van der Waals surface area contributed by atoms with Gasteiger partial charge in [-0.1, -0.05) is 23.7 Å². The zero-order valence-corrected chi connectivity index (χ0v) is 15.8. The summed E-state index contributed by atoms with van der Waals surface area (Å²) in [5.41, 5.74) is 7.02. The van der Waals surface area contributed by atoms with Crippen LogP contribution in [-0.2, 0) is 4.79 Å². The van der Waals surface area contributed by atoms with Crippen LogP contribution in [0.1, 0.15) is 0 Å². The van der Waals surface area contributed by atoms with E-state index in [1.165, 1.54) is 18.3 Å². The molecule has 1 saturated heterocycles. The van der Waals surface area contributed by atoms with Crippen LogP contribution in [0.15, 0.2) is 54.2 Å². The van der Waals surface area contributed by atoms with Crippen LogP contribution in [0.25, 0.3) is 0 Å². The fourth-order valence-corrected chi connectivity index (χ4v) is 3.18. The number of benzene rings is 2. The highest BCUT2D eigenvalue weighted by atomic mass is 35.5. The van der Waals surface area contributed by atoms with Gasteiger partial charge in [-0.3, -0.25) is 4.79 Å². The van der Waals surface area contributed by atoms with Crippen LogP contribution in [0, 0.1) is 17.1 Å². The van der Waals surface area contributed by atoms with Crippen LogP contribution in [0.4, 0.5) is 21.5 Å². The number of nitrogens with one attached hydrogen (secondary N) is 1. The fourth-order valence-electron chi connectivity index (χ4n) is 2.94. The molecule has 144 valence electrons. The molecular weight excluding hydrogens is 381 g/mol. The van der Waals surface area contributed by atoms with Gasteiger partial charge in [0.25, 0.3) is 5.91 Å². The first-order chi connectivity index (χ1) is 13.5. The average Bonchev–Trinajstić information content (AvgIpc) is 2.69. The molecule has 3 N–H and O–H groups in total. The van der Waals surface area contributed by atoms with Crippen molar-refractivity contribution < 1.29 is 9.18 Å². The number of nitrogens with zero attached hydrogens (tertiary/aromatic N) is 3. The molecule has 0 radical (unpaired) electrons. The molecule has 28 heavy (non-hydrogen) atoms. The first-order valence-corrected chi connectivity index (χ1v) is 9.07. The van der Waals surface area contributed by atoms with Crippen molar-refractivity contribution in [1.82, 2.24) is 4.90 Å². The smallest absolute Gasteiger partial charge is 0.267 e. The molecule has 0 aromatic heterocycles. The summed E-state index contributed by atoms with van der Waals surface area (Å²) in [7, 11) is 0. The molecule has 3 rings (SSSR count). The van der Waals surface area contributed by atoms with E-state index in [4.69, 9.17) is 17.3 Å². The normalized spacial score (nSPS) is 14.5. The van der Waals surface area contributed by atoms with E-state index in [-0.39, 0.29) is 11.4 Å². The topological polar surface area (TPSA) is 85.4 Å². The molecule has 0 unspecified atom stereocenters. The van der Waals surface area contributed by atoms with E-state index in [0.29, 0.717) is 48.3 Å². The molecule has 1 fully saturated rings. The number of nitrogens with two attached hydrogens (primary N) is 1. The molecule has 1 heterocycles. The van der Waals surface area contributed by atoms with E-state index in [9.17, 15) is 14.4 Å². The van der Waals surface area contributed by atoms with Crippen molar-refractivity contribution >= 4 is 34.6 Å². The highest BCUT2D eigenvalue weighted by molar-refractivity contribution is 6.34. The zero-order valence-electron chi connectivity index (χ0n) is 15.0. The summed E-state index contributed by atoms with van der Waals surface area (Å²) in [5, 5.41) is 12.3. The molecule has 1 amide bonds. The number of hydrogen-bond donors (Lipinski definition) is 2. The van der Waals surface area contributed by atoms with E-state index in [1.54, 1.807) is 30.3 Å². The molecule has 2 aromatic rings. The maximum Gasteiger partial charge on any atom is 0.267 e. The maximum atomic E-state index is 13.9. The lowest BCUT2D eigenvalue weighted by Gasteiger charge is -2.35. The van der Waals surface area contributed by atoms with E-state index in [0.717, 1.165) is 0 Å².